The predicted molar refractivity (Wildman–Crippen MR) is 142 cm³/mol. The van der Waals surface area contributed by atoms with Gasteiger partial charge in [0.25, 0.3) is 5.91 Å². The Bertz CT molecular complexity index is 1470. The average molecular weight is 535 g/mol. The van der Waals surface area contributed by atoms with Gasteiger partial charge in [-0.25, -0.2) is 15.0 Å². The quantitative estimate of drug-likeness (QED) is 0.328. The Morgan fingerprint density at radius 3 is 2.56 bits per heavy atom. The number of nitrogens with zero attached hydrogens (tertiary/aromatic N) is 4. The Balaban J connectivity index is 1.30. The third-order valence-corrected chi connectivity index (χ3v) is 6.23. The smallest absolute Gasteiger partial charge is 0.378 e. The van der Waals surface area contributed by atoms with Crippen molar-refractivity contribution in [2.24, 2.45) is 0 Å². The van der Waals surface area contributed by atoms with Gasteiger partial charge in [-0.2, -0.15) is 13.2 Å². The second-order valence-electron chi connectivity index (χ2n) is 8.96. The molecule has 1 aliphatic rings. The van der Waals surface area contributed by atoms with Crippen LogP contribution in [-0.2, 0) is 10.9 Å². The molecule has 2 N–H and O–H groups in total. The molecule has 2 aromatic carbocycles. The lowest BCUT2D eigenvalue weighted by Crippen LogP contribution is -2.36. The van der Waals surface area contributed by atoms with Crippen LogP contribution in [-0.4, -0.2) is 47.2 Å². The summed E-state index contributed by atoms with van der Waals surface area (Å²) in [6.07, 6.45) is -1.13. The predicted octanol–water partition coefficient (Wildman–Crippen LogP) is 5.70. The van der Waals surface area contributed by atoms with Crippen LogP contribution in [0.4, 0.5) is 36.3 Å². The molecule has 11 heteroatoms. The first kappa shape index (κ1) is 26.1. The van der Waals surface area contributed by atoms with Crippen LogP contribution < -0.4 is 15.5 Å². The van der Waals surface area contributed by atoms with Gasteiger partial charge in [-0.1, -0.05) is 12.1 Å². The molecule has 0 atom stereocenters. The summed E-state index contributed by atoms with van der Waals surface area (Å²) in [5, 5.41) is 5.82. The van der Waals surface area contributed by atoms with Gasteiger partial charge in [0.2, 0.25) is 5.95 Å². The Labute approximate surface area is 222 Å². The lowest BCUT2D eigenvalue weighted by atomic mass is 10.1. The minimum Gasteiger partial charge on any atom is -0.378 e. The van der Waals surface area contributed by atoms with Gasteiger partial charge in [-0.15, -0.1) is 0 Å². The van der Waals surface area contributed by atoms with Crippen LogP contribution in [0.25, 0.3) is 11.3 Å². The van der Waals surface area contributed by atoms with Crippen LogP contribution >= 0.6 is 0 Å². The van der Waals surface area contributed by atoms with Gasteiger partial charge in [0.05, 0.1) is 24.5 Å². The SMILES string of the molecule is Cc1ccc(NC(=O)c2cccc(C(F)(F)F)c2)cc1Nc1nccc(-c2ccc(N3CCOCC3)nc2)n1. The molecule has 0 bridgehead atoms. The number of aryl methyl sites for hydroxylation is 1. The van der Waals surface area contributed by atoms with Gasteiger partial charge in [-0.3, -0.25) is 4.79 Å². The van der Waals surface area contributed by atoms with E-state index in [0.717, 1.165) is 42.2 Å². The number of aromatic nitrogens is 3. The summed E-state index contributed by atoms with van der Waals surface area (Å²) < 4.78 is 44.5. The largest absolute Gasteiger partial charge is 0.416 e. The molecule has 39 heavy (non-hydrogen) atoms. The number of carbonyl (C=O) groups excluding carboxylic acids is 1. The Hall–Kier alpha value is -4.51. The van der Waals surface area contributed by atoms with Gasteiger partial charge >= 0.3 is 6.18 Å². The third kappa shape index (κ3) is 6.32. The van der Waals surface area contributed by atoms with E-state index in [2.05, 4.69) is 30.5 Å². The Morgan fingerprint density at radius 2 is 1.82 bits per heavy atom. The minimum atomic E-state index is -4.54. The van der Waals surface area contributed by atoms with Gasteiger partial charge in [0.1, 0.15) is 5.82 Å². The molecule has 1 amide bonds. The van der Waals surface area contributed by atoms with E-state index < -0.39 is 17.6 Å². The molecule has 0 aliphatic carbocycles. The van der Waals surface area contributed by atoms with E-state index in [9.17, 15) is 18.0 Å². The van der Waals surface area contributed by atoms with Crippen LogP contribution in [0.15, 0.2) is 73.1 Å². The molecule has 0 radical (unpaired) electrons. The van der Waals surface area contributed by atoms with E-state index in [0.29, 0.717) is 36.2 Å². The number of alkyl halides is 3. The topological polar surface area (TPSA) is 92.3 Å². The first-order valence-electron chi connectivity index (χ1n) is 12.2. The van der Waals surface area contributed by atoms with Crippen LogP contribution in [0.2, 0.25) is 0 Å². The summed E-state index contributed by atoms with van der Waals surface area (Å²) >= 11 is 0. The number of hydrogen-bond donors (Lipinski definition) is 2. The number of halogens is 3. The fraction of sp³-hybridized carbons (Fsp3) is 0.214. The maximum Gasteiger partial charge on any atom is 0.416 e. The van der Waals surface area contributed by atoms with Crippen LogP contribution in [0.5, 0.6) is 0 Å². The molecule has 1 fully saturated rings. The number of morpholine rings is 1. The molecule has 3 heterocycles. The molecule has 4 aromatic rings. The molecule has 1 saturated heterocycles. The highest BCUT2D eigenvalue weighted by atomic mass is 19.4. The van der Waals surface area contributed by atoms with Crippen molar-refractivity contribution in [3.8, 4) is 11.3 Å². The summed E-state index contributed by atoms with van der Waals surface area (Å²) in [7, 11) is 0. The van der Waals surface area contributed by atoms with Crippen molar-refractivity contribution in [3.05, 3.63) is 89.7 Å². The fourth-order valence-corrected chi connectivity index (χ4v) is 4.09. The highest BCUT2D eigenvalue weighted by Crippen LogP contribution is 2.30. The molecule has 8 nitrogen and oxygen atoms in total. The van der Waals surface area contributed by atoms with E-state index in [1.807, 2.05) is 19.1 Å². The van der Waals surface area contributed by atoms with Crippen molar-refractivity contribution in [1.82, 2.24) is 15.0 Å². The zero-order valence-corrected chi connectivity index (χ0v) is 21.0. The number of nitrogens with one attached hydrogen (secondary N) is 2. The first-order chi connectivity index (χ1) is 18.8. The number of benzene rings is 2. The summed E-state index contributed by atoms with van der Waals surface area (Å²) in [5.74, 6) is 0.575. The van der Waals surface area contributed by atoms with Crippen molar-refractivity contribution >= 4 is 29.0 Å². The van der Waals surface area contributed by atoms with E-state index in [4.69, 9.17) is 4.74 Å². The number of anilines is 4. The number of ether oxygens (including phenoxy) is 1. The van der Waals surface area contributed by atoms with Crippen molar-refractivity contribution in [1.29, 1.82) is 0 Å². The van der Waals surface area contributed by atoms with Crippen molar-refractivity contribution in [2.45, 2.75) is 13.1 Å². The summed E-state index contributed by atoms with van der Waals surface area (Å²) in [5.41, 5.74) is 2.43. The first-order valence-corrected chi connectivity index (χ1v) is 12.2. The maximum absolute atomic E-state index is 13.0. The highest BCUT2D eigenvalue weighted by Gasteiger charge is 2.31. The molecule has 0 spiro atoms. The molecule has 2 aromatic heterocycles. The van der Waals surface area contributed by atoms with Crippen molar-refractivity contribution in [3.63, 3.8) is 0 Å². The van der Waals surface area contributed by atoms with Crippen LogP contribution in [0.1, 0.15) is 21.5 Å². The maximum atomic E-state index is 13.0. The highest BCUT2D eigenvalue weighted by molar-refractivity contribution is 6.04. The zero-order chi connectivity index (χ0) is 27.4. The van der Waals surface area contributed by atoms with Gasteiger partial charge < -0.3 is 20.3 Å². The normalized spacial score (nSPS) is 13.7. The van der Waals surface area contributed by atoms with E-state index >= 15 is 0 Å². The fourth-order valence-electron chi connectivity index (χ4n) is 4.09. The van der Waals surface area contributed by atoms with E-state index in [1.165, 1.54) is 12.1 Å². The molecule has 5 rings (SSSR count). The van der Waals surface area contributed by atoms with Crippen LogP contribution in [0, 0.1) is 6.92 Å². The summed E-state index contributed by atoms with van der Waals surface area (Å²) in [6.45, 7) is 4.83. The Kier molecular flexibility index (Phi) is 7.42. The van der Waals surface area contributed by atoms with E-state index in [1.54, 1.807) is 36.7 Å². The molecule has 0 unspecified atom stereocenters. The van der Waals surface area contributed by atoms with Gasteiger partial charge in [0.15, 0.2) is 0 Å². The van der Waals surface area contributed by atoms with E-state index in [-0.39, 0.29) is 5.56 Å². The molecule has 1 aliphatic heterocycles. The Morgan fingerprint density at radius 1 is 1.00 bits per heavy atom. The molecular formula is C28H25F3N6O2. The minimum absolute atomic E-state index is 0.0933. The van der Waals surface area contributed by atoms with Gasteiger partial charge in [-0.05, 0) is 61.0 Å². The number of amides is 1. The molecular weight excluding hydrogens is 509 g/mol. The monoisotopic (exact) mass is 534 g/mol. The molecule has 0 saturated carbocycles. The number of rotatable bonds is 6. The number of carbonyl (C=O) groups is 1. The van der Waals surface area contributed by atoms with Gasteiger partial charge in [0, 0.05) is 48.0 Å². The lowest BCUT2D eigenvalue weighted by Gasteiger charge is -2.27. The molecule has 200 valence electrons. The number of pyridine rings is 1. The van der Waals surface area contributed by atoms with Crippen LogP contribution in [0.3, 0.4) is 0 Å². The van der Waals surface area contributed by atoms with Crippen molar-refractivity contribution < 1.29 is 22.7 Å². The third-order valence-electron chi connectivity index (χ3n) is 6.23. The second-order valence-corrected chi connectivity index (χ2v) is 8.96. The lowest BCUT2D eigenvalue weighted by molar-refractivity contribution is -0.137. The summed E-state index contributed by atoms with van der Waals surface area (Å²) in [4.78, 5) is 28.3. The van der Waals surface area contributed by atoms with Crippen molar-refractivity contribution in [2.75, 3.05) is 41.8 Å². The zero-order valence-electron chi connectivity index (χ0n) is 21.0. The standard InChI is InChI=1S/C28H25F3N6O2/c1-18-5-7-22(34-26(38)19-3-2-4-21(15-19)28(29,30)31)16-24(18)36-27-32-10-9-23(35-27)20-6-8-25(33-17-20)37-11-13-39-14-12-37/h2-10,15-17H,11-14H2,1H3,(H,34,38)(H,32,35,36). The summed E-state index contributed by atoms with van der Waals surface area (Å²) in [6, 6.07) is 15.1. The number of hydrogen-bond acceptors (Lipinski definition) is 7. The average Bonchev–Trinajstić information content (AvgIpc) is 2.95. The second kappa shape index (κ2) is 11.1.